The standard InChI is InChI=1S/C16H17N3O/c1-11-2-3-13(10-18-11)16(20)19-15-5-4-12-6-7-17-9-14(12)8-15/h2-5,8,10,17H,6-7,9H2,1H3,(H,19,20). The molecule has 1 aromatic heterocycles. The molecule has 1 aliphatic heterocycles. The lowest BCUT2D eigenvalue weighted by Gasteiger charge is -2.18. The fourth-order valence-corrected chi connectivity index (χ4v) is 2.36. The summed E-state index contributed by atoms with van der Waals surface area (Å²) in [5, 5.41) is 6.26. The van der Waals surface area contributed by atoms with Crippen molar-refractivity contribution in [2.75, 3.05) is 11.9 Å². The molecule has 2 heterocycles. The van der Waals surface area contributed by atoms with Crippen LogP contribution in [-0.4, -0.2) is 17.4 Å². The van der Waals surface area contributed by atoms with E-state index in [1.807, 2.05) is 25.1 Å². The molecule has 0 spiro atoms. The smallest absolute Gasteiger partial charge is 0.257 e. The van der Waals surface area contributed by atoms with Crippen LogP contribution in [0.5, 0.6) is 0 Å². The van der Waals surface area contributed by atoms with Gasteiger partial charge in [-0.3, -0.25) is 9.78 Å². The summed E-state index contributed by atoms with van der Waals surface area (Å²) in [5.41, 5.74) is 4.93. The third-order valence-corrected chi connectivity index (χ3v) is 3.52. The van der Waals surface area contributed by atoms with E-state index in [1.165, 1.54) is 11.1 Å². The first-order valence-corrected chi connectivity index (χ1v) is 6.79. The predicted molar refractivity (Wildman–Crippen MR) is 78.8 cm³/mol. The average Bonchev–Trinajstić information content (AvgIpc) is 2.48. The molecule has 2 N–H and O–H groups in total. The maximum Gasteiger partial charge on any atom is 0.257 e. The van der Waals surface area contributed by atoms with Gasteiger partial charge in [-0.2, -0.15) is 0 Å². The number of hydrogen-bond donors (Lipinski definition) is 2. The molecule has 0 radical (unpaired) electrons. The Morgan fingerprint density at radius 3 is 2.95 bits per heavy atom. The van der Waals surface area contributed by atoms with Crippen molar-refractivity contribution in [3.05, 3.63) is 58.9 Å². The summed E-state index contributed by atoms with van der Waals surface area (Å²) in [7, 11) is 0. The summed E-state index contributed by atoms with van der Waals surface area (Å²) in [5.74, 6) is -0.124. The normalized spacial score (nSPS) is 13.7. The first-order chi connectivity index (χ1) is 9.72. The van der Waals surface area contributed by atoms with Gasteiger partial charge in [0.15, 0.2) is 0 Å². The number of nitrogens with zero attached hydrogens (tertiary/aromatic N) is 1. The van der Waals surface area contributed by atoms with Gasteiger partial charge in [-0.1, -0.05) is 6.07 Å². The second-order valence-electron chi connectivity index (χ2n) is 5.05. The van der Waals surface area contributed by atoms with Gasteiger partial charge in [0.1, 0.15) is 0 Å². The van der Waals surface area contributed by atoms with Crippen molar-refractivity contribution in [3.63, 3.8) is 0 Å². The lowest BCUT2D eigenvalue weighted by molar-refractivity contribution is 0.102. The van der Waals surface area contributed by atoms with Gasteiger partial charge >= 0.3 is 0 Å². The maximum absolute atomic E-state index is 12.1. The van der Waals surface area contributed by atoms with Crippen molar-refractivity contribution < 1.29 is 4.79 Å². The number of aryl methyl sites for hydroxylation is 1. The molecule has 4 nitrogen and oxygen atoms in total. The van der Waals surface area contributed by atoms with E-state index in [2.05, 4.69) is 21.7 Å². The number of pyridine rings is 1. The van der Waals surface area contributed by atoms with E-state index < -0.39 is 0 Å². The van der Waals surface area contributed by atoms with Gasteiger partial charge in [0.25, 0.3) is 5.91 Å². The van der Waals surface area contributed by atoms with E-state index in [9.17, 15) is 4.79 Å². The number of carbonyl (C=O) groups excluding carboxylic acids is 1. The SMILES string of the molecule is Cc1ccc(C(=O)Nc2ccc3c(c2)CNCC3)cn1. The number of amides is 1. The van der Waals surface area contributed by atoms with Gasteiger partial charge in [0.2, 0.25) is 0 Å². The van der Waals surface area contributed by atoms with E-state index >= 15 is 0 Å². The molecule has 1 aliphatic rings. The zero-order chi connectivity index (χ0) is 13.9. The highest BCUT2D eigenvalue weighted by Crippen LogP contribution is 2.19. The summed E-state index contributed by atoms with van der Waals surface area (Å²) in [6.07, 6.45) is 2.65. The molecule has 4 heteroatoms. The van der Waals surface area contributed by atoms with Gasteiger partial charge < -0.3 is 10.6 Å². The number of aromatic nitrogens is 1. The highest BCUT2D eigenvalue weighted by molar-refractivity contribution is 6.04. The maximum atomic E-state index is 12.1. The van der Waals surface area contributed by atoms with Gasteiger partial charge in [-0.05, 0) is 55.3 Å². The number of benzene rings is 1. The van der Waals surface area contributed by atoms with Gasteiger partial charge in [0.05, 0.1) is 5.56 Å². The Balaban J connectivity index is 1.77. The molecule has 1 amide bonds. The van der Waals surface area contributed by atoms with Crippen LogP contribution in [0.25, 0.3) is 0 Å². The van der Waals surface area contributed by atoms with E-state index in [1.54, 1.807) is 12.3 Å². The van der Waals surface area contributed by atoms with E-state index in [4.69, 9.17) is 0 Å². The van der Waals surface area contributed by atoms with Crippen LogP contribution in [0.2, 0.25) is 0 Å². The second kappa shape index (κ2) is 5.43. The Hall–Kier alpha value is -2.20. The molecule has 0 atom stereocenters. The predicted octanol–water partition coefficient (Wildman–Crippen LogP) is 2.29. The van der Waals surface area contributed by atoms with Crippen LogP contribution < -0.4 is 10.6 Å². The van der Waals surface area contributed by atoms with Crippen LogP contribution in [0.1, 0.15) is 27.2 Å². The monoisotopic (exact) mass is 267 g/mol. The van der Waals surface area contributed by atoms with Crippen molar-refractivity contribution in [3.8, 4) is 0 Å². The lowest BCUT2D eigenvalue weighted by atomic mass is 10.0. The van der Waals surface area contributed by atoms with Crippen molar-refractivity contribution in [1.29, 1.82) is 0 Å². The molecule has 3 rings (SSSR count). The summed E-state index contributed by atoms with van der Waals surface area (Å²) in [4.78, 5) is 16.3. The Kier molecular flexibility index (Phi) is 3.48. The van der Waals surface area contributed by atoms with E-state index in [0.717, 1.165) is 30.9 Å². The summed E-state index contributed by atoms with van der Waals surface area (Å²) in [6.45, 7) is 3.79. The summed E-state index contributed by atoms with van der Waals surface area (Å²) in [6, 6.07) is 9.73. The first kappa shape index (κ1) is 12.8. The molecule has 20 heavy (non-hydrogen) atoms. The van der Waals surface area contributed by atoms with Gasteiger partial charge in [-0.15, -0.1) is 0 Å². The van der Waals surface area contributed by atoms with E-state index in [0.29, 0.717) is 5.56 Å². The van der Waals surface area contributed by atoms with Gasteiger partial charge in [-0.25, -0.2) is 0 Å². The van der Waals surface area contributed by atoms with Crippen molar-refractivity contribution in [2.24, 2.45) is 0 Å². The molecule has 0 fully saturated rings. The van der Waals surface area contributed by atoms with Crippen molar-refractivity contribution >= 4 is 11.6 Å². The molecule has 0 bridgehead atoms. The average molecular weight is 267 g/mol. The van der Waals surface area contributed by atoms with E-state index in [-0.39, 0.29) is 5.91 Å². The minimum atomic E-state index is -0.124. The second-order valence-corrected chi connectivity index (χ2v) is 5.05. The minimum Gasteiger partial charge on any atom is -0.322 e. The first-order valence-electron chi connectivity index (χ1n) is 6.79. The third kappa shape index (κ3) is 2.70. The quantitative estimate of drug-likeness (QED) is 0.877. The van der Waals surface area contributed by atoms with Crippen LogP contribution in [-0.2, 0) is 13.0 Å². The molecule has 1 aromatic carbocycles. The van der Waals surface area contributed by atoms with Crippen LogP contribution in [0.15, 0.2) is 36.5 Å². The highest BCUT2D eigenvalue weighted by Gasteiger charge is 2.11. The number of fused-ring (bicyclic) bond motifs is 1. The fourth-order valence-electron chi connectivity index (χ4n) is 2.36. The third-order valence-electron chi connectivity index (χ3n) is 3.52. The van der Waals surface area contributed by atoms with Crippen LogP contribution in [0.3, 0.4) is 0 Å². The van der Waals surface area contributed by atoms with Crippen LogP contribution in [0, 0.1) is 6.92 Å². The number of rotatable bonds is 2. The molecule has 0 saturated heterocycles. The topological polar surface area (TPSA) is 54.0 Å². The highest BCUT2D eigenvalue weighted by atomic mass is 16.1. The lowest BCUT2D eigenvalue weighted by Crippen LogP contribution is -2.23. The molecular weight excluding hydrogens is 250 g/mol. The minimum absolute atomic E-state index is 0.124. The Bertz CT molecular complexity index is 635. The van der Waals surface area contributed by atoms with Crippen molar-refractivity contribution in [1.82, 2.24) is 10.3 Å². The Labute approximate surface area is 118 Å². The van der Waals surface area contributed by atoms with Crippen LogP contribution in [0.4, 0.5) is 5.69 Å². The Morgan fingerprint density at radius 2 is 2.15 bits per heavy atom. The summed E-state index contributed by atoms with van der Waals surface area (Å²) < 4.78 is 0. The largest absolute Gasteiger partial charge is 0.322 e. The molecule has 2 aromatic rings. The molecule has 102 valence electrons. The molecular formula is C16H17N3O. The number of anilines is 1. The zero-order valence-corrected chi connectivity index (χ0v) is 11.4. The molecule has 0 saturated carbocycles. The molecule has 0 aliphatic carbocycles. The zero-order valence-electron chi connectivity index (χ0n) is 11.4. The fraction of sp³-hybridized carbons (Fsp3) is 0.250. The number of hydrogen-bond acceptors (Lipinski definition) is 3. The Morgan fingerprint density at radius 1 is 1.25 bits per heavy atom. The molecule has 0 unspecified atom stereocenters. The number of nitrogens with one attached hydrogen (secondary N) is 2. The van der Waals surface area contributed by atoms with Crippen molar-refractivity contribution in [2.45, 2.75) is 19.9 Å². The van der Waals surface area contributed by atoms with Gasteiger partial charge in [0, 0.05) is 24.1 Å². The van der Waals surface area contributed by atoms with Crippen LogP contribution >= 0.6 is 0 Å². The number of carbonyl (C=O) groups is 1. The summed E-state index contributed by atoms with van der Waals surface area (Å²) >= 11 is 0.